The predicted octanol–water partition coefficient (Wildman–Crippen LogP) is 2.49. The number of anilines is 1. The molecule has 0 saturated heterocycles. The molecule has 1 N–H and O–H groups in total. The second kappa shape index (κ2) is 8.19. The topological polar surface area (TPSA) is 73.3 Å². The highest BCUT2D eigenvalue weighted by Crippen LogP contribution is 2.20. The van der Waals surface area contributed by atoms with Crippen LogP contribution in [0.5, 0.6) is 0 Å². The van der Waals surface area contributed by atoms with Crippen molar-refractivity contribution in [2.24, 2.45) is 0 Å². The second-order valence-electron chi connectivity index (χ2n) is 5.35. The van der Waals surface area contributed by atoms with Gasteiger partial charge in [0.25, 0.3) is 0 Å². The normalized spacial score (nSPS) is 11.3. The van der Waals surface area contributed by atoms with Gasteiger partial charge in [-0.05, 0) is 27.7 Å². The third kappa shape index (κ3) is 7.29. The van der Waals surface area contributed by atoms with Crippen LogP contribution in [0, 0.1) is 0 Å². The van der Waals surface area contributed by atoms with Crippen molar-refractivity contribution in [1.29, 1.82) is 0 Å². The Morgan fingerprint density at radius 2 is 2.10 bits per heavy atom. The van der Waals surface area contributed by atoms with E-state index >= 15 is 0 Å². The van der Waals surface area contributed by atoms with Crippen LogP contribution in [0.1, 0.15) is 33.5 Å². The molecule has 0 aromatic carbocycles. The maximum atomic E-state index is 11.7. The average Bonchev–Trinajstić information content (AvgIpc) is 2.35. The molecule has 1 heterocycles. The van der Waals surface area contributed by atoms with Gasteiger partial charge in [-0.2, -0.15) is 0 Å². The largest absolute Gasteiger partial charge is 0.459 e. The Morgan fingerprint density at radius 3 is 2.67 bits per heavy atom. The first kappa shape index (κ1) is 17.7. The molecule has 0 amide bonds. The van der Waals surface area contributed by atoms with Gasteiger partial charge in [0.1, 0.15) is 23.1 Å². The third-order valence-corrected chi connectivity index (χ3v) is 3.02. The van der Waals surface area contributed by atoms with Gasteiger partial charge in [-0.1, -0.05) is 11.8 Å². The third-order valence-electron chi connectivity index (χ3n) is 2.14. The quantitative estimate of drug-likeness (QED) is 0.471. The van der Waals surface area contributed by atoms with Gasteiger partial charge in [0, 0.05) is 19.7 Å². The van der Waals surface area contributed by atoms with Crippen LogP contribution in [0.2, 0.25) is 0 Å². The molecule has 0 aliphatic heterocycles. The molecule has 0 radical (unpaired) electrons. The van der Waals surface area contributed by atoms with E-state index in [1.807, 2.05) is 33.8 Å². The van der Waals surface area contributed by atoms with Crippen molar-refractivity contribution in [2.75, 3.05) is 24.7 Å². The molecular weight excluding hydrogens is 290 g/mol. The number of esters is 1. The summed E-state index contributed by atoms with van der Waals surface area (Å²) < 4.78 is 10.3. The van der Waals surface area contributed by atoms with Crippen molar-refractivity contribution in [2.45, 2.75) is 44.9 Å². The van der Waals surface area contributed by atoms with Crippen molar-refractivity contribution in [3.8, 4) is 0 Å². The minimum Gasteiger partial charge on any atom is -0.459 e. The van der Waals surface area contributed by atoms with Gasteiger partial charge in [0.2, 0.25) is 0 Å². The summed E-state index contributed by atoms with van der Waals surface area (Å²) in [5.74, 6) is 1.27. The molecule has 0 fully saturated rings. The Bertz CT molecular complexity index is 451. The lowest BCUT2D eigenvalue weighted by molar-refractivity contribution is -0.151. The van der Waals surface area contributed by atoms with Crippen LogP contribution in [0.25, 0.3) is 0 Å². The lowest BCUT2D eigenvalue weighted by atomic mass is 10.2. The van der Waals surface area contributed by atoms with Crippen LogP contribution < -0.4 is 5.32 Å². The monoisotopic (exact) mass is 313 g/mol. The average molecular weight is 313 g/mol. The number of hydrogen-bond donors (Lipinski definition) is 1. The van der Waals surface area contributed by atoms with E-state index < -0.39 is 5.60 Å². The standard InChI is InChI=1S/C14H23N3O3S/c1-6-15-10-7-12(17-11(16-10)8-19-5)21-9-13(18)20-14(2,3)4/h7H,6,8-9H2,1-5H3,(H,15,16,17). The van der Waals surface area contributed by atoms with Gasteiger partial charge in [-0.3, -0.25) is 4.79 Å². The molecule has 6 nitrogen and oxygen atoms in total. The highest BCUT2D eigenvalue weighted by Gasteiger charge is 2.16. The zero-order valence-corrected chi connectivity index (χ0v) is 14.0. The minimum absolute atomic E-state index is 0.215. The van der Waals surface area contributed by atoms with Gasteiger partial charge < -0.3 is 14.8 Å². The Hall–Kier alpha value is -1.34. The molecule has 0 saturated carbocycles. The Balaban J connectivity index is 2.70. The summed E-state index contributed by atoms with van der Waals surface area (Å²) in [6.45, 7) is 8.63. The van der Waals surface area contributed by atoms with Crippen LogP contribution in [0.3, 0.4) is 0 Å². The number of carbonyl (C=O) groups excluding carboxylic acids is 1. The van der Waals surface area contributed by atoms with Crippen molar-refractivity contribution in [3.05, 3.63) is 11.9 Å². The maximum Gasteiger partial charge on any atom is 0.316 e. The highest BCUT2D eigenvalue weighted by molar-refractivity contribution is 7.99. The van der Waals surface area contributed by atoms with Crippen molar-refractivity contribution in [1.82, 2.24) is 9.97 Å². The molecule has 1 aromatic rings. The zero-order chi connectivity index (χ0) is 15.9. The van der Waals surface area contributed by atoms with Crippen LogP contribution in [-0.2, 0) is 20.9 Å². The summed E-state index contributed by atoms with van der Waals surface area (Å²) in [6, 6.07) is 1.82. The molecular formula is C14H23N3O3S. The zero-order valence-electron chi connectivity index (χ0n) is 13.2. The molecule has 0 atom stereocenters. The summed E-state index contributed by atoms with van der Waals surface area (Å²) in [4.78, 5) is 20.4. The first-order valence-electron chi connectivity index (χ1n) is 6.79. The fourth-order valence-electron chi connectivity index (χ4n) is 1.52. The Labute approximate surface area is 130 Å². The summed E-state index contributed by atoms with van der Waals surface area (Å²) >= 11 is 1.33. The Morgan fingerprint density at radius 1 is 1.38 bits per heavy atom. The molecule has 1 aromatic heterocycles. The molecule has 0 unspecified atom stereocenters. The smallest absolute Gasteiger partial charge is 0.316 e. The molecule has 0 aliphatic carbocycles. The second-order valence-corrected chi connectivity index (χ2v) is 6.34. The molecule has 1 rings (SSSR count). The van der Waals surface area contributed by atoms with Crippen LogP contribution in [0.4, 0.5) is 5.82 Å². The molecule has 0 bridgehead atoms. The van der Waals surface area contributed by atoms with Crippen LogP contribution in [-0.4, -0.2) is 40.9 Å². The fraction of sp³-hybridized carbons (Fsp3) is 0.643. The van der Waals surface area contributed by atoms with E-state index in [0.717, 1.165) is 17.4 Å². The number of hydrogen-bond acceptors (Lipinski definition) is 7. The summed E-state index contributed by atoms with van der Waals surface area (Å²) in [6.07, 6.45) is 0. The molecule has 118 valence electrons. The molecule has 0 spiro atoms. The Kier molecular flexibility index (Phi) is 6.91. The minimum atomic E-state index is -0.473. The van der Waals surface area contributed by atoms with Gasteiger partial charge in [-0.25, -0.2) is 9.97 Å². The van der Waals surface area contributed by atoms with Gasteiger partial charge in [-0.15, -0.1) is 0 Å². The van der Waals surface area contributed by atoms with E-state index in [1.54, 1.807) is 7.11 Å². The maximum absolute atomic E-state index is 11.7. The van der Waals surface area contributed by atoms with E-state index in [4.69, 9.17) is 9.47 Å². The number of aromatic nitrogens is 2. The first-order valence-corrected chi connectivity index (χ1v) is 7.78. The summed E-state index contributed by atoms with van der Waals surface area (Å²) in [5.41, 5.74) is -0.473. The molecule has 21 heavy (non-hydrogen) atoms. The number of rotatable bonds is 7. The van der Waals surface area contributed by atoms with Crippen LogP contribution in [0.15, 0.2) is 11.1 Å². The first-order chi connectivity index (χ1) is 9.84. The van der Waals surface area contributed by atoms with Gasteiger partial charge in [0.15, 0.2) is 5.82 Å². The van der Waals surface area contributed by atoms with Crippen LogP contribution >= 0.6 is 11.8 Å². The number of nitrogens with zero attached hydrogens (tertiary/aromatic N) is 2. The number of methoxy groups -OCH3 is 1. The number of nitrogens with one attached hydrogen (secondary N) is 1. The predicted molar refractivity (Wildman–Crippen MR) is 83.5 cm³/mol. The lowest BCUT2D eigenvalue weighted by Crippen LogP contribution is -2.24. The van der Waals surface area contributed by atoms with Gasteiger partial charge >= 0.3 is 5.97 Å². The number of thioether (sulfide) groups is 1. The molecule has 0 aliphatic rings. The van der Waals surface area contributed by atoms with Crippen molar-refractivity contribution in [3.63, 3.8) is 0 Å². The van der Waals surface area contributed by atoms with E-state index in [0.29, 0.717) is 12.4 Å². The van der Waals surface area contributed by atoms with E-state index in [9.17, 15) is 4.79 Å². The van der Waals surface area contributed by atoms with Gasteiger partial charge in [0.05, 0.1) is 5.75 Å². The fourth-order valence-corrected chi connectivity index (χ4v) is 2.21. The van der Waals surface area contributed by atoms with E-state index in [1.165, 1.54) is 11.8 Å². The SMILES string of the molecule is CCNc1cc(SCC(=O)OC(C)(C)C)nc(COC)n1. The lowest BCUT2D eigenvalue weighted by Gasteiger charge is -2.19. The van der Waals surface area contributed by atoms with Crippen molar-refractivity contribution < 1.29 is 14.3 Å². The highest BCUT2D eigenvalue weighted by atomic mass is 32.2. The van der Waals surface area contributed by atoms with E-state index in [2.05, 4.69) is 15.3 Å². The van der Waals surface area contributed by atoms with E-state index in [-0.39, 0.29) is 11.7 Å². The summed E-state index contributed by atoms with van der Waals surface area (Å²) in [5, 5.41) is 3.86. The summed E-state index contributed by atoms with van der Waals surface area (Å²) in [7, 11) is 1.59. The number of ether oxygens (including phenoxy) is 2. The van der Waals surface area contributed by atoms with Crippen molar-refractivity contribution >= 4 is 23.5 Å². The molecule has 7 heteroatoms. The number of carbonyl (C=O) groups is 1.